The van der Waals surface area contributed by atoms with Gasteiger partial charge in [-0.05, 0) is 24.0 Å². The van der Waals surface area contributed by atoms with E-state index in [1.54, 1.807) is 0 Å². The van der Waals surface area contributed by atoms with Crippen LogP contribution in [0.3, 0.4) is 0 Å². The van der Waals surface area contributed by atoms with E-state index in [1.807, 2.05) is 12.1 Å². The minimum atomic E-state index is 0.111. The first-order chi connectivity index (χ1) is 7.52. The summed E-state index contributed by atoms with van der Waals surface area (Å²) >= 11 is 3.49. The second-order valence-corrected chi connectivity index (χ2v) is 6.18. The third kappa shape index (κ3) is 2.41. The summed E-state index contributed by atoms with van der Waals surface area (Å²) in [7, 11) is 0. The lowest BCUT2D eigenvalue weighted by Crippen LogP contribution is -2.23. The maximum absolute atomic E-state index is 9.36. The summed E-state index contributed by atoms with van der Waals surface area (Å²) < 4.78 is 1.07. The lowest BCUT2D eigenvalue weighted by Gasteiger charge is -2.24. The summed E-state index contributed by atoms with van der Waals surface area (Å²) in [5, 5.41) is 9.36. The van der Waals surface area contributed by atoms with Crippen molar-refractivity contribution in [3.8, 4) is 0 Å². The number of anilines is 1. The van der Waals surface area contributed by atoms with E-state index in [1.165, 1.54) is 12.1 Å². The van der Waals surface area contributed by atoms with Gasteiger partial charge in [-0.2, -0.15) is 0 Å². The van der Waals surface area contributed by atoms with E-state index in [9.17, 15) is 5.11 Å². The van der Waals surface area contributed by atoms with E-state index >= 15 is 0 Å². The van der Waals surface area contributed by atoms with Crippen LogP contribution >= 0.6 is 15.9 Å². The molecule has 0 aromatic heterocycles. The van der Waals surface area contributed by atoms with Gasteiger partial charge >= 0.3 is 0 Å². The minimum Gasteiger partial charge on any atom is -0.392 e. The SMILES string of the molecule is CC1(C)CCN(c2cc(Br)ccc2CO)C1. The van der Waals surface area contributed by atoms with Gasteiger partial charge < -0.3 is 10.0 Å². The molecule has 0 saturated carbocycles. The van der Waals surface area contributed by atoms with Crippen molar-refractivity contribution >= 4 is 21.6 Å². The highest BCUT2D eigenvalue weighted by molar-refractivity contribution is 9.10. The number of hydrogen-bond acceptors (Lipinski definition) is 2. The summed E-state index contributed by atoms with van der Waals surface area (Å²) in [6.45, 7) is 6.85. The van der Waals surface area contributed by atoms with Gasteiger partial charge in [0.2, 0.25) is 0 Å². The van der Waals surface area contributed by atoms with E-state index in [4.69, 9.17) is 0 Å². The number of aliphatic hydroxyl groups is 1. The van der Waals surface area contributed by atoms with Crippen molar-refractivity contribution in [2.24, 2.45) is 5.41 Å². The molecule has 1 heterocycles. The van der Waals surface area contributed by atoms with Gasteiger partial charge in [-0.3, -0.25) is 0 Å². The molecule has 1 aliphatic heterocycles. The Kier molecular flexibility index (Phi) is 3.27. The molecule has 0 bridgehead atoms. The molecular formula is C13H18BrNO. The van der Waals surface area contributed by atoms with Gasteiger partial charge in [0.1, 0.15) is 0 Å². The van der Waals surface area contributed by atoms with Crippen LogP contribution < -0.4 is 4.90 Å². The van der Waals surface area contributed by atoms with Crippen molar-refractivity contribution in [1.29, 1.82) is 0 Å². The highest BCUT2D eigenvalue weighted by Gasteiger charge is 2.30. The van der Waals surface area contributed by atoms with Crippen molar-refractivity contribution in [2.45, 2.75) is 26.9 Å². The van der Waals surface area contributed by atoms with E-state index < -0.39 is 0 Å². The summed E-state index contributed by atoms with van der Waals surface area (Å²) in [6.07, 6.45) is 1.21. The Morgan fingerprint density at radius 3 is 2.75 bits per heavy atom. The third-order valence-corrected chi connectivity index (χ3v) is 3.73. The first kappa shape index (κ1) is 11.9. The van der Waals surface area contributed by atoms with Crippen LogP contribution in [0.5, 0.6) is 0 Å². The topological polar surface area (TPSA) is 23.5 Å². The molecule has 3 heteroatoms. The highest BCUT2D eigenvalue weighted by Crippen LogP contribution is 2.35. The number of halogens is 1. The molecule has 16 heavy (non-hydrogen) atoms. The molecule has 2 nitrogen and oxygen atoms in total. The molecule has 0 atom stereocenters. The molecular weight excluding hydrogens is 266 g/mol. The maximum Gasteiger partial charge on any atom is 0.0702 e. The Labute approximate surface area is 105 Å². The van der Waals surface area contributed by atoms with Crippen LogP contribution in [-0.4, -0.2) is 18.2 Å². The van der Waals surface area contributed by atoms with Crippen LogP contribution in [0.1, 0.15) is 25.8 Å². The second kappa shape index (κ2) is 4.38. The molecule has 0 radical (unpaired) electrons. The number of rotatable bonds is 2. The zero-order valence-electron chi connectivity index (χ0n) is 9.83. The number of nitrogens with zero attached hydrogens (tertiary/aromatic N) is 1. The predicted molar refractivity (Wildman–Crippen MR) is 70.7 cm³/mol. The van der Waals surface area contributed by atoms with E-state index in [-0.39, 0.29) is 6.61 Å². The van der Waals surface area contributed by atoms with Crippen LogP contribution in [0.25, 0.3) is 0 Å². The molecule has 1 aromatic rings. The lowest BCUT2D eigenvalue weighted by atomic mass is 9.93. The normalized spacial score (nSPS) is 19.1. The molecule has 1 N–H and O–H groups in total. The van der Waals surface area contributed by atoms with Gasteiger partial charge in [0, 0.05) is 28.8 Å². The van der Waals surface area contributed by atoms with Gasteiger partial charge in [0.15, 0.2) is 0 Å². The van der Waals surface area contributed by atoms with Gasteiger partial charge in [0.25, 0.3) is 0 Å². The van der Waals surface area contributed by atoms with Gasteiger partial charge in [-0.15, -0.1) is 0 Å². The monoisotopic (exact) mass is 283 g/mol. The fourth-order valence-electron chi connectivity index (χ4n) is 2.28. The van der Waals surface area contributed by atoms with Crippen molar-refractivity contribution in [2.75, 3.05) is 18.0 Å². The Hall–Kier alpha value is -0.540. The summed E-state index contributed by atoms with van der Waals surface area (Å²) in [5.74, 6) is 0. The molecule has 0 spiro atoms. The van der Waals surface area contributed by atoms with Crippen molar-refractivity contribution in [3.05, 3.63) is 28.2 Å². The predicted octanol–water partition coefficient (Wildman–Crippen LogP) is 3.18. The second-order valence-electron chi connectivity index (χ2n) is 5.27. The molecule has 0 unspecified atom stereocenters. The molecule has 0 amide bonds. The number of benzene rings is 1. The fourth-order valence-corrected chi connectivity index (χ4v) is 2.63. The highest BCUT2D eigenvalue weighted by atomic mass is 79.9. The van der Waals surface area contributed by atoms with Gasteiger partial charge in [-0.25, -0.2) is 0 Å². The molecule has 88 valence electrons. The number of hydrogen-bond donors (Lipinski definition) is 1. The first-order valence-corrected chi connectivity index (χ1v) is 6.45. The summed E-state index contributed by atoms with van der Waals surface area (Å²) in [4.78, 5) is 2.37. The zero-order chi connectivity index (χ0) is 11.8. The molecule has 1 aliphatic rings. The molecule has 2 rings (SSSR count). The average Bonchev–Trinajstić information content (AvgIpc) is 2.59. The maximum atomic E-state index is 9.36. The number of aliphatic hydroxyl groups excluding tert-OH is 1. The fraction of sp³-hybridized carbons (Fsp3) is 0.538. The Morgan fingerprint density at radius 1 is 1.44 bits per heavy atom. The van der Waals surface area contributed by atoms with Gasteiger partial charge in [0.05, 0.1) is 6.61 Å². The Bertz CT molecular complexity index is 390. The van der Waals surface area contributed by atoms with Crippen molar-refractivity contribution in [1.82, 2.24) is 0 Å². The van der Waals surface area contributed by atoms with E-state index in [2.05, 4.69) is 40.7 Å². The standard InChI is InChI=1S/C13H18BrNO/c1-13(2)5-6-15(9-13)12-7-11(14)4-3-10(12)8-16/h3-4,7,16H,5-6,8-9H2,1-2H3. The largest absolute Gasteiger partial charge is 0.392 e. The Balaban J connectivity index is 2.30. The van der Waals surface area contributed by atoms with Crippen LogP contribution in [0.2, 0.25) is 0 Å². The molecule has 1 fully saturated rings. The van der Waals surface area contributed by atoms with Crippen LogP contribution in [0.15, 0.2) is 22.7 Å². The summed E-state index contributed by atoms with van der Waals surface area (Å²) in [5.41, 5.74) is 2.57. The van der Waals surface area contributed by atoms with Crippen LogP contribution in [0.4, 0.5) is 5.69 Å². The quantitative estimate of drug-likeness (QED) is 0.901. The van der Waals surface area contributed by atoms with Crippen LogP contribution in [-0.2, 0) is 6.61 Å². The third-order valence-electron chi connectivity index (χ3n) is 3.24. The van der Waals surface area contributed by atoms with Gasteiger partial charge in [-0.1, -0.05) is 35.8 Å². The minimum absolute atomic E-state index is 0.111. The lowest BCUT2D eigenvalue weighted by molar-refractivity contribution is 0.282. The summed E-state index contributed by atoms with van der Waals surface area (Å²) in [6, 6.07) is 6.08. The molecule has 1 aromatic carbocycles. The zero-order valence-corrected chi connectivity index (χ0v) is 11.4. The van der Waals surface area contributed by atoms with E-state index in [0.717, 1.165) is 23.1 Å². The Morgan fingerprint density at radius 2 is 2.19 bits per heavy atom. The first-order valence-electron chi connectivity index (χ1n) is 5.66. The molecule has 0 aliphatic carbocycles. The van der Waals surface area contributed by atoms with Crippen molar-refractivity contribution in [3.63, 3.8) is 0 Å². The molecule has 1 saturated heterocycles. The van der Waals surface area contributed by atoms with Crippen molar-refractivity contribution < 1.29 is 5.11 Å². The smallest absolute Gasteiger partial charge is 0.0702 e. The van der Waals surface area contributed by atoms with Crippen LogP contribution in [0, 0.1) is 5.41 Å². The van der Waals surface area contributed by atoms with E-state index in [0.29, 0.717) is 5.41 Å². The average molecular weight is 284 g/mol.